The molecule has 0 spiro atoms. The normalized spacial score (nSPS) is 16.5. The predicted octanol–water partition coefficient (Wildman–Crippen LogP) is 2.17. The van der Waals surface area contributed by atoms with Gasteiger partial charge in [0.1, 0.15) is 0 Å². The van der Waals surface area contributed by atoms with Gasteiger partial charge in [0, 0.05) is 50.9 Å². The maximum atomic E-state index is 13.1. The number of hydrogen-bond donors (Lipinski definition) is 0. The van der Waals surface area contributed by atoms with Crippen LogP contribution in [0.15, 0.2) is 46.3 Å². The van der Waals surface area contributed by atoms with Crippen molar-refractivity contribution in [2.75, 3.05) is 39.6 Å². The number of carbonyl (C=O) groups excluding carboxylic acids is 2. The molecule has 3 aromatic rings. The molecule has 0 saturated carbocycles. The second-order valence-corrected chi connectivity index (χ2v) is 11.1. The van der Waals surface area contributed by atoms with E-state index in [9.17, 15) is 18.0 Å². The predicted molar refractivity (Wildman–Crippen MR) is 131 cm³/mol. The van der Waals surface area contributed by atoms with Crippen LogP contribution in [0.25, 0.3) is 10.2 Å². The fourth-order valence-electron chi connectivity index (χ4n) is 4.02. The summed E-state index contributed by atoms with van der Waals surface area (Å²) in [5.41, 5.74) is 1.13. The third-order valence-electron chi connectivity index (χ3n) is 6.00. The Labute approximate surface area is 211 Å². The standard InChI is InChI=1S/C23H24N4O7S2/c1-3-32-23(29)26-8-10-27(11-9-26)36(30,31)16-6-4-15(5-7-16)21(28)24-22-25(2)17-12-18-19(34-14-33-18)13-20(17)35-22/h4-7,12-13H,3,8-11,14H2,1-2H3. The first-order valence-corrected chi connectivity index (χ1v) is 13.5. The Morgan fingerprint density at radius 2 is 1.72 bits per heavy atom. The van der Waals surface area contributed by atoms with Gasteiger partial charge in [-0.1, -0.05) is 11.3 Å². The lowest BCUT2D eigenvalue weighted by molar-refractivity contribution is 0.0933. The van der Waals surface area contributed by atoms with Crippen LogP contribution in [-0.4, -0.2) is 73.8 Å². The Balaban J connectivity index is 1.32. The van der Waals surface area contributed by atoms with E-state index in [0.29, 0.717) is 16.3 Å². The lowest BCUT2D eigenvalue weighted by Gasteiger charge is -2.33. The summed E-state index contributed by atoms with van der Waals surface area (Å²) in [5.74, 6) is 0.818. The number of thiazole rings is 1. The molecular weight excluding hydrogens is 508 g/mol. The molecule has 2 aliphatic rings. The minimum atomic E-state index is -3.77. The molecule has 1 fully saturated rings. The molecule has 3 heterocycles. The smallest absolute Gasteiger partial charge is 0.409 e. The van der Waals surface area contributed by atoms with Gasteiger partial charge in [0.2, 0.25) is 16.8 Å². The molecule has 0 radical (unpaired) electrons. The lowest BCUT2D eigenvalue weighted by Crippen LogP contribution is -2.50. The molecule has 0 unspecified atom stereocenters. The molecule has 2 aromatic carbocycles. The second-order valence-electron chi connectivity index (χ2n) is 8.15. The number of fused-ring (bicyclic) bond motifs is 2. The molecule has 0 bridgehead atoms. The summed E-state index contributed by atoms with van der Waals surface area (Å²) in [6.07, 6.45) is -0.445. The second kappa shape index (κ2) is 9.56. The number of aryl methyl sites for hydroxylation is 1. The fraction of sp³-hybridized carbons (Fsp3) is 0.348. The van der Waals surface area contributed by atoms with E-state index in [0.717, 1.165) is 10.2 Å². The van der Waals surface area contributed by atoms with Gasteiger partial charge in [-0.25, -0.2) is 13.2 Å². The van der Waals surface area contributed by atoms with Crippen LogP contribution in [-0.2, 0) is 21.8 Å². The van der Waals surface area contributed by atoms with Crippen LogP contribution in [0.5, 0.6) is 11.5 Å². The zero-order valence-corrected chi connectivity index (χ0v) is 21.3. The summed E-state index contributed by atoms with van der Waals surface area (Å²) < 4.78 is 45.9. The average Bonchev–Trinajstić information content (AvgIpc) is 3.46. The van der Waals surface area contributed by atoms with E-state index in [1.165, 1.54) is 44.8 Å². The Hall–Kier alpha value is -3.42. The van der Waals surface area contributed by atoms with Gasteiger partial charge in [-0.2, -0.15) is 9.30 Å². The number of aromatic nitrogens is 1. The van der Waals surface area contributed by atoms with Crippen molar-refractivity contribution in [1.29, 1.82) is 0 Å². The van der Waals surface area contributed by atoms with Crippen molar-refractivity contribution in [2.45, 2.75) is 11.8 Å². The molecule has 0 aliphatic carbocycles. The van der Waals surface area contributed by atoms with Crippen molar-refractivity contribution in [3.63, 3.8) is 0 Å². The summed E-state index contributed by atoms with van der Waals surface area (Å²) in [5, 5.41) is 0. The van der Waals surface area contributed by atoms with Gasteiger partial charge in [0.15, 0.2) is 16.3 Å². The Kier molecular flexibility index (Phi) is 6.45. The number of hydrogen-bond acceptors (Lipinski definition) is 8. The minimum Gasteiger partial charge on any atom is -0.454 e. The Morgan fingerprint density at radius 1 is 1.06 bits per heavy atom. The van der Waals surface area contributed by atoms with Crippen LogP contribution in [0.3, 0.4) is 0 Å². The Morgan fingerprint density at radius 3 is 2.39 bits per heavy atom. The van der Waals surface area contributed by atoms with E-state index < -0.39 is 22.0 Å². The number of ether oxygens (including phenoxy) is 3. The van der Waals surface area contributed by atoms with Gasteiger partial charge < -0.3 is 23.7 Å². The molecule has 2 aliphatic heterocycles. The van der Waals surface area contributed by atoms with E-state index in [1.54, 1.807) is 11.5 Å². The van der Waals surface area contributed by atoms with Gasteiger partial charge in [0.05, 0.1) is 21.7 Å². The monoisotopic (exact) mass is 532 g/mol. The van der Waals surface area contributed by atoms with Gasteiger partial charge >= 0.3 is 6.09 Å². The van der Waals surface area contributed by atoms with Crippen molar-refractivity contribution in [2.24, 2.45) is 12.0 Å². The molecule has 11 nitrogen and oxygen atoms in total. The van der Waals surface area contributed by atoms with Gasteiger partial charge in [-0.05, 0) is 31.2 Å². The number of benzene rings is 2. The van der Waals surface area contributed by atoms with E-state index >= 15 is 0 Å². The lowest BCUT2D eigenvalue weighted by atomic mass is 10.2. The summed E-state index contributed by atoms with van der Waals surface area (Å²) in [6, 6.07) is 9.43. The van der Waals surface area contributed by atoms with Crippen LogP contribution in [0.1, 0.15) is 17.3 Å². The van der Waals surface area contributed by atoms with Crippen LogP contribution < -0.4 is 14.3 Å². The first-order chi connectivity index (χ1) is 17.3. The van der Waals surface area contributed by atoms with E-state index in [4.69, 9.17) is 14.2 Å². The molecule has 1 saturated heterocycles. The topological polar surface area (TPSA) is 120 Å². The zero-order chi connectivity index (χ0) is 25.4. The molecule has 36 heavy (non-hydrogen) atoms. The highest BCUT2D eigenvalue weighted by Gasteiger charge is 2.30. The number of nitrogens with zero attached hydrogens (tertiary/aromatic N) is 4. The molecule has 190 valence electrons. The first kappa shape index (κ1) is 24.3. The summed E-state index contributed by atoms with van der Waals surface area (Å²) in [4.78, 5) is 31.0. The highest BCUT2D eigenvalue weighted by atomic mass is 32.2. The quantitative estimate of drug-likeness (QED) is 0.505. The van der Waals surface area contributed by atoms with Crippen molar-refractivity contribution >= 4 is 43.6 Å². The van der Waals surface area contributed by atoms with Crippen molar-refractivity contribution < 1.29 is 32.2 Å². The molecule has 2 amide bonds. The van der Waals surface area contributed by atoms with Crippen molar-refractivity contribution in [3.8, 4) is 11.5 Å². The van der Waals surface area contributed by atoms with Gasteiger partial charge in [0.25, 0.3) is 5.91 Å². The molecular formula is C23H24N4O7S2. The van der Waals surface area contributed by atoms with Crippen LogP contribution in [0, 0.1) is 0 Å². The van der Waals surface area contributed by atoms with Crippen LogP contribution >= 0.6 is 11.3 Å². The van der Waals surface area contributed by atoms with Crippen LogP contribution in [0.4, 0.5) is 4.79 Å². The highest BCUT2D eigenvalue weighted by Crippen LogP contribution is 2.36. The molecule has 13 heteroatoms. The Bertz CT molecular complexity index is 1500. The highest BCUT2D eigenvalue weighted by molar-refractivity contribution is 7.89. The summed E-state index contributed by atoms with van der Waals surface area (Å²) >= 11 is 1.34. The molecule has 5 rings (SSSR count). The molecule has 0 N–H and O–H groups in total. The van der Waals surface area contributed by atoms with Gasteiger partial charge in [-0.3, -0.25) is 4.79 Å². The van der Waals surface area contributed by atoms with E-state index in [1.807, 2.05) is 19.2 Å². The number of rotatable bonds is 4. The van der Waals surface area contributed by atoms with Crippen molar-refractivity contribution in [1.82, 2.24) is 13.8 Å². The average molecular weight is 533 g/mol. The number of amides is 2. The van der Waals surface area contributed by atoms with Crippen LogP contribution in [0.2, 0.25) is 0 Å². The zero-order valence-electron chi connectivity index (χ0n) is 19.7. The largest absolute Gasteiger partial charge is 0.454 e. The number of sulfonamides is 1. The number of carbonyl (C=O) groups is 2. The molecule has 1 aromatic heterocycles. The third kappa shape index (κ3) is 4.45. The maximum absolute atomic E-state index is 13.1. The summed E-state index contributed by atoms with van der Waals surface area (Å²) in [7, 11) is -1.96. The third-order valence-corrected chi connectivity index (χ3v) is 9.01. The first-order valence-electron chi connectivity index (χ1n) is 11.3. The van der Waals surface area contributed by atoms with Gasteiger partial charge in [-0.15, -0.1) is 0 Å². The van der Waals surface area contributed by atoms with E-state index in [2.05, 4.69) is 4.99 Å². The number of piperazine rings is 1. The SMILES string of the molecule is CCOC(=O)N1CCN(S(=O)(=O)c2ccc(C(=O)N=c3sc4cc5c(cc4n3C)OCO5)cc2)CC1. The maximum Gasteiger partial charge on any atom is 0.409 e. The summed E-state index contributed by atoms with van der Waals surface area (Å²) in [6.45, 7) is 3.00. The van der Waals surface area contributed by atoms with E-state index in [-0.39, 0.29) is 50.0 Å². The molecule has 0 atom stereocenters. The minimum absolute atomic E-state index is 0.0746. The fourth-order valence-corrected chi connectivity index (χ4v) is 6.47. The van der Waals surface area contributed by atoms with Crippen molar-refractivity contribution in [3.05, 3.63) is 46.8 Å².